The number of thioether (sulfide) groups is 1. The molecule has 1 rings (SSSR count). The zero-order valence-corrected chi connectivity index (χ0v) is 10.3. The highest BCUT2D eigenvalue weighted by Gasteiger charge is 2.21. The largest absolute Gasteiger partial charge is 0.337 e. The molecule has 1 aliphatic heterocycles. The van der Waals surface area contributed by atoms with Crippen molar-refractivity contribution in [2.24, 2.45) is 5.73 Å². The first kappa shape index (κ1) is 12.6. The van der Waals surface area contributed by atoms with Gasteiger partial charge in [0.2, 0.25) is 5.91 Å². The summed E-state index contributed by atoms with van der Waals surface area (Å²) in [6.07, 6.45) is 5.91. The topological polar surface area (TPSA) is 46.3 Å². The SMILES string of the molecule is CSCC[C@H](N)C(=O)N1CC=C(C)CC1. The summed E-state index contributed by atoms with van der Waals surface area (Å²) in [7, 11) is 0. The van der Waals surface area contributed by atoms with Crippen molar-refractivity contribution in [3.63, 3.8) is 0 Å². The summed E-state index contributed by atoms with van der Waals surface area (Å²) in [5, 5.41) is 0. The van der Waals surface area contributed by atoms with Crippen molar-refractivity contribution in [3.05, 3.63) is 11.6 Å². The van der Waals surface area contributed by atoms with Gasteiger partial charge in [0.15, 0.2) is 0 Å². The van der Waals surface area contributed by atoms with Gasteiger partial charge < -0.3 is 10.6 Å². The number of rotatable bonds is 4. The lowest BCUT2D eigenvalue weighted by Gasteiger charge is -2.28. The maximum atomic E-state index is 11.9. The number of carbonyl (C=O) groups excluding carboxylic acids is 1. The highest BCUT2D eigenvalue weighted by Crippen LogP contribution is 2.11. The molecule has 0 saturated carbocycles. The van der Waals surface area contributed by atoms with E-state index in [0.717, 1.165) is 31.7 Å². The van der Waals surface area contributed by atoms with Crippen molar-refractivity contribution in [2.75, 3.05) is 25.1 Å². The van der Waals surface area contributed by atoms with Crippen molar-refractivity contribution in [3.8, 4) is 0 Å². The lowest BCUT2D eigenvalue weighted by Crippen LogP contribution is -2.45. The molecule has 0 aromatic rings. The third-order valence-corrected chi connectivity index (χ3v) is 3.34. The molecule has 0 aliphatic carbocycles. The van der Waals surface area contributed by atoms with Crippen LogP contribution < -0.4 is 5.73 Å². The summed E-state index contributed by atoms with van der Waals surface area (Å²) in [6.45, 7) is 3.67. The fourth-order valence-electron chi connectivity index (χ4n) is 1.57. The summed E-state index contributed by atoms with van der Waals surface area (Å²) >= 11 is 1.73. The van der Waals surface area contributed by atoms with E-state index in [4.69, 9.17) is 5.73 Å². The fourth-order valence-corrected chi connectivity index (χ4v) is 2.06. The molecule has 0 fully saturated rings. The molecule has 1 atom stereocenters. The van der Waals surface area contributed by atoms with Gasteiger partial charge in [0, 0.05) is 13.1 Å². The predicted octanol–water partition coefficient (Wildman–Crippen LogP) is 1.25. The van der Waals surface area contributed by atoms with E-state index in [1.165, 1.54) is 5.57 Å². The van der Waals surface area contributed by atoms with Gasteiger partial charge in [-0.2, -0.15) is 11.8 Å². The van der Waals surface area contributed by atoms with Gasteiger partial charge in [-0.15, -0.1) is 0 Å². The minimum absolute atomic E-state index is 0.104. The van der Waals surface area contributed by atoms with Gasteiger partial charge in [-0.25, -0.2) is 0 Å². The van der Waals surface area contributed by atoms with Crippen LogP contribution in [0.1, 0.15) is 19.8 Å². The average molecular weight is 228 g/mol. The van der Waals surface area contributed by atoms with Gasteiger partial charge >= 0.3 is 0 Å². The van der Waals surface area contributed by atoms with Crippen LogP contribution in [0.3, 0.4) is 0 Å². The molecule has 1 aliphatic rings. The number of amides is 1. The van der Waals surface area contributed by atoms with Crippen LogP contribution in [0, 0.1) is 0 Å². The Morgan fingerprint density at radius 3 is 3.00 bits per heavy atom. The molecular formula is C11H20N2OS. The van der Waals surface area contributed by atoms with Crippen LogP contribution in [0.5, 0.6) is 0 Å². The van der Waals surface area contributed by atoms with Crippen LogP contribution in [-0.2, 0) is 4.79 Å². The molecule has 0 bridgehead atoms. The van der Waals surface area contributed by atoms with Gasteiger partial charge in [0.25, 0.3) is 0 Å². The molecule has 1 heterocycles. The van der Waals surface area contributed by atoms with E-state index in [0.29, 0.717) is 0 Å². The Morgan fingerprint density at radius 2 is 2.47 bits per heavy atom. The maximum Gasteiger partial charge on any atom is 0.239 e. The molecule has 0 unspecified atom stereocenters. The molecule has 4 heteroatoms. The predicted molar refractivity (Wildman–Crippen MR) is 65.9 cm³/mol. The first-order valence-electron chi connectivity index (χ1n) is 5.34. The van der Waals surface area contributed by atoms with Gasteiger partial charge in [0.1, 0.15) is 0 Å². The highest BCUT2D eigenvalue weighted by molar-refractivity contribution is 7.98. The maximum absolute atomic E-state index is 11.9. The zero-order chi connectivity index (χ0) is 11.3. The lowest BCUT2D eigenvalue weighted by atomic mass is 10.1. The van der Waals surface area contributed by atoms with Crippen molar-refractivity contribution >= 4 is 17.7 Å². The van der Waals surface area contributed by atoms with Gasteiger partial charge in [-0.1, -0.05) is 11.6 Å². The third kappa shape index (κ3) is 3.87. The minimum atomic E-state index is -0.316. The number of hydrogen-bond acceptors (Lipinski definition) is 3. The average Bonchev–Trinajstić information content (AvgIpc) is 2.26. The van der Waals surface area contributed by atoms with Crippen LogP contribution in [0.25, 0.3) is 0 Å². The molecule has 15 heavy (non-hydrogen) atoms. The number of carbonyl (C=O) groups is 1. The molecule has 0 aromatic carbocycles. The monoisotopic (exact) mass is 228 g/mol. The number of nitrogens with zero attached hydrogens (tertiary/aromatic N) is 1. The fraction of sp³-hybridized carbons (Fsp3) is 0.727. The molecule has 2 N–H and O–H groups in total. The molecule has 0 radical (unpaired) electrons. The Labute approximate surface area is 96.1 Å². The van der Waals surface area contributed by atoms with E-state index >= 15 is 0 Å². The van der Waals surface area contributed by atoms with Crippen LogP contribution in [0.2, 0.25) is 0 Å². The minimum Gasteiger partial charge on any atom is -0.337 e. The van der Waals surface area contributed by atoms with Gasteiger partial charge in [0.05, 0.1) is 6.04 Å². The molecule has 0 saturated heterocycles. The van der Waals surface area contributed by atoms with E-state index < -0.39 is 0 Å². The Morgan fingerprint density at radius 1 is 1.73 bits per heavy atom. The molecule has 86 valence electrons. The van der Waals surface area contributed by atoms with Crippen LogP contribution in [0.15, 0.2) is 11.6 Å². The highest BCUT2D eigenvalue weighted by atomic mass is 32.2. The first-order valence-corrected chi connectivity index (χ1v) is 6.73. The standard InChI is InChI=1S/C11H20N2OS/c1-9-3-6-13(7-4-9)11(14)10(12)5-8-15-2/h3,10H,4-8,12H2,1-2H3/t10-/m0/s1. The van der Waals surface area contributed by atoms with Gasteiger partial charge in [-0.3, -0.25) is 4.79 Å². The normalized spacial score (nSPS) is 18.6. The Hall–Kier alpha value is -0.480. The van der Waals surface area contributed by atoms with Gasteiger partial charge in [-0.05, 0) is 31.8 Å². The van der Waals surface area contributed by atoms with E-state index in [1.807, 2.05) is 11.2 Å². The van der Waals surface area contributed by atoms with Crippen LogP contribution >= 0.6 is 11.8 Å². The van der Waals surface area contributed by atoms with E-state index in [9.17, 15) is 4.79 Å². The number of nitrogens with two attached hydrogens (primary N) is 1. The molecule has 3 nitrogen and oxygen atoms in total. The second-order valence-electron chi connectivity index (χ2n) is 3.97. The summed E-state index contributed by atoms with van der Waals surface area (Å²) < 4.78 is 0. The second kappa shape index (κ2) is 6.18. The molecular weight excluding hydrogens is 208 g/mol. The summed E-state index contributed by atoms with van der Waals surface area (Å²) in [5.41, 5.74) is 7.22. The van der Waals surface area contributed by atoms with Crippen LogP contribution in [-0.4, -0.2) is 41.9 Å². The summed E-state index contributed by atoms with van der Waals surface area (Å²) in [4.78, 5) is 13.7. The van der Waals surface area contributed by atoms with Crippen molar-refractivity contribution in [1.82, 2.24) is 4.90 Å². The Balaban J connectivity index is 2.40. The Bertz CT molecular complexity index is 253. The zero-order valence-electron chi connectivity index (χ0n) is 9.53. The van der Waals surface area contributed by atoms with Crippen molar-refractivity contribution in [1.29, 1.82) is 0 Å². The van der Waals surface area contributed by atoms with E-state index in [-0.39, 0.29) is 11.9 Å². The summed E-state index contributed by atoms with van der Waals surface area (Å²) in [5.74, 6) is 1.06. The Kier molecular flexibility index (Phi) is 5.19. The number of hydrogen-bond donors (Lipinski definition) is 1. The van der Waals surface area contributed by atoms with Crippen molar-refractivity contribution < 1.29 is 4.79 Å². The van der Waals surface area contributed by atoms with Crippen LogP contribution in [0.4, 0.5) is 0 Å². The molecule has 0 aromatic heterocycles. The van der Waals surface area contributed by atoms with E-state index in [2.05, 4.69) is 13.0 Å². The quantitative estimate of drug-likeness (QED) is 0.737. The lowest BCUT2D eigenvalue weighted by molar-refractivity contribution is -0.132. The smallest absolute Gasteiger partial charge is 0.239 e. The molecule has 0 spiro atoms. The van der Waals surface area contributed by atoms with Crippen molar-refractivity contribution in [2.45, 2.75) is 25.8 Å². The summed E-state index contributed by atoms with van der Waals surface area (Å²) in [6, 6.07) is -0.316. The van der Waals surface area contributed by atoms with E-state index in [1.54, 1.807) is 11.8 Å². The third-order valence-electron chi connectivity index (χ3n) is 2.70. The first-order chi connectivity index (χ1) is 7.15. The second-order valence-corrected chi connectivity index (χ2v) is 4.96. The molecule has 1 amide bonds.